The van der Waals surface area contributed by atoms with Crippen LogP contribution in [0.15, 0.2) is 11.2 Å². The van der Waals surface area contributed by atoms with Crippen LogP contribution in [0.4, 0.5) is 0 Å². The second-order valence-corrected chi connectivity index (χ2v) is 7.09. The second-order valence-electron chi connectivity index (χ2n) is 5.38. The molecule has 114 valence electrons. The summed E-state index contributed by atoms with van der Waals surface area (Å²) in [4.78, 5) is 4.09. The number of rotatable bonds is 5. The Morgan fingerprint density at radius 1 is 1.45 bits per heavy atom. The van der Waals surface area contributed by atoms with Crippen molar-refractivity contribution < 1.29 is 13.5 Å². The van der Waals surface area contributed by atoms with E-state index in [1.54, 1.807) is 17.7 Å². The molecule has 0 bridgehead atoms. The molecule has 7 heteroatoms. The van der Waals surface area contributed by atoms with E-state index >= 15 is 0 Å². The van der Waals surface area contributed by atoms with E-state index in [0.717, 1.165) is 25.7 Å². The summed E-state index contributed by atoms with van der Waals surface area (Å²) in [6.07, 6.45) is 4.84. The predicted octanol–water partition coefficient (Wildman–Crippen LogP) is 1.04. The summed E-state index contributed by atoms with van der Waals surface area (Å²) in [5, 5.41) is 9.93. The largest absolute Gasteiger partial charge is 0.393 e. The first-order chi connectivity index (χ1) is 9.44. The van der Waals surface area contributed by atoms with Gasteiger partial charge in [0.05, 0.1) is 6.10 Å². The van der Waals surface area contributed by atoms with Gasteiger partial charge in [0.15, 0.2) is 5.03 Å². The van der Waals surface area contributed by atoms with Crippen LogP contribution in [-0.2, 0) is 16.6 Å². The third kappa shape index (κ3) is 3.39. The zero-order chi connectivity index (χ0) is 14.8. The molecule has 0 aromatic carbocycles. The first-order valence-corrected chi connectivity index (χ1v) is 8.64. The number of nitrogens with zero attached hydrogens (tertiary/aromatic N) is 2. The van der Waals surface area contributed by atoms with Gasteiger partial charge < -0.3 is 9.67 Å². The van der Waals surface area contributed by atoms with Crippen LogP contribution in [0.1, 0.15) is 38.4 Å². The first kappa shape index (κ1) is 15.5. The number of imidazole rings is 1. The number of hydrogen-bond donors (Lipinski definition) is 2. The van der Waals surface area contributed by atoms with E-state index < -0.39 is 16.1 Å². The molecule has 0 spiro atoms. The average molecular weight is 301 g/mol. The van der Waals surface area contributed by atoms with Gasteiger partial charge in [0.1, 0.15) is 5.82 Å². The van der Waals surface area contributed by atoms with E-state index in [2.05, 4.69) is 9.71 Å². The van der Waals surface area contributed by atoms with Crippen molar-refractivity contribution in [1.82, 2.24) is 14.3 Å². The second kappa shape index (κ2) is 6.24. The summed E-state index contributed by atoms with van der Waals surface area (Å²) in [6, 6.07) is 0. The molecule has 1 fully saturated rings. The fraction of sp³-hybridized carbons (Fsp3) is 0.769. The highest BCUT2D eigenvalue weighted by atomic mass is 32.2. The van der Waals surface area contributed by atoms with Crippen molar-refractivity contribution in [2.24, 2.45) is 5.92 Å². The summed E-state index contributed by atoms with van der Waals surface area (Å²) in [6.45, 7) is 4.70. The van der Waals surface area contributed by atoms with Crippen LogP contribution >= 0.6 is 0 Å². The maximum absolute atomic E-state index is 12.2. The van der Waals surface area contributed by atoms with Crippen molar-refractivity contribution in [2.75, 3.05) is 6.54 Å². The Morgan fingerprint density at radius 3 is 2.75 bits per heavy atom. The molecule has 0 amide bonds. The average Bonchev–Trinajstić information content (AvgIpc) is 2.80. The smallest absolute Gasteiger partial charge is 0.259 e. The van der Waals surface area contributed by atoms with Gasteiger partial charge in [0.2, 0.25) is 0 Å². The van der Waals surface area contributed by atoms with Crippen molar-refractivity contribution in [1.29, 1.82) is 0 Å². The van der Waals surface area contributed by atoms with Crippen molar-refractivity contribution in [3.05, 3.63) is 12.0 Å². The van der Waals surface area contributed by atoms with E-state index in [9.17, 15) is 13.5 Å². The highest BCUT2D eigenvalue weighted by molar-refractivity contribution is 7.89. The number of aliphatic hydroxyl groups is 1. The van der Waals surface area contributed by atoms with E-state index in [1.165, 1.54) is 0 Å². The van der Waals surface area contributed by atoms with Crippen LogP contribution in [0.2, 0.25) is 0 Å². The summed E-state index contributed by atoms with van der Waals surface area (Å²) < 4.78 is 28.8. The number of nitrogens with one attached hydrogen (secondary N) is 1. The lowest BCUT2D eigenvalue weighted by molar-refractivity contribution is 0.0724. The number of hydrogen-bond acceptors (Lipinski definition) is 4. The normalized spacial score (nSPS) is 23.9. The molecular formula is C13H23N3O3S. The minimum Gasteiger partial charge on any atom is -0.393 e. The summed E-state index contributed by atoms with van der Waals surface area (Å²) >= 11 is 0. The molecule has 0 saturated heterocycles. The molecule has 20 heavy (non-hydrogen) atoms. The van der Waals surface area contributed by atoms with Crippen molar-refractivity contribution in [3.63, 3.8) is 0 Å². The minimum atomic E-state index is -3.59. The van der Waals surface area contributed by atoms with Crippen LogP contribution in [0.3, 0.4) is 0 Å². The van der Waals surface area contributed by atoms with Gasteiger partial charge in [-0.2, -0.15) is 0 Å². The van der Waals surface area contributed by atoms with Gasteiger partial charge >= 0.3 is 0 Å². The van der Waals surface area contributed by atoms with Crippen molar-refractivity contribution in [2.45, 2.75) is 57.2 Å². The third-order valence-corrected chi connectivity index (χ3v) is 5.27. The van der Waals surface area contributed by atoms with Crippen LogP contribution < -0.4 is 4.72 Å². The zero-order valence-electron chi connectivity index (χ0n) is 12.0. The van der Waals surface area contributed by atoms with Crippen LogP contribution in [-0.4, -0.2) is 35.7 Å². The number of aromatic nitrogens is 2. The first-order valence-electron chi connectivity index (χ1n) is 7.15. The Kier molecular flexibility index (Phi) is 4.82. The molecule has 2 rings (SSSR count). The molecule has 1 saturated carbocycles. The van der Waals surface area contributed by atoms with E-state index in [0.29, 0.717) is 12.4 Å². The van der Waals surface area contributed by atoms with Crippen LogP contribution in [0, 0.1) is 12.8 Å². The zero-order valence-corrected chi connectivity index (χ0v) is 12.9. The van der Waals surface area contributed by atoms with Crippen molar-refractivity contribution >= 4 is 10.0 Å². The lowest BCUT2D eigenvalue weighted by Gasteiger charge is -2.27. The summed E-state index contributed by atoms with van der Waals surface area (Å²) in [5.74, 6) is 0.693. The Bertz CT molecular complexity index is 553. The summed E-state index contributed by atoms with van der Waals surface area (Å²) in [7, 11) is -3.59. The topological polar surface area (TPSA) is 84.2 Å². The van der Waals surface area contributed by atoms with Crippen LogP contribution in [0.5, 0.6) is 0 Å². The van der Waals surface area contributed by atoms with E-state index in [-0.39, 0.29) is 17.5 Å². The molecule has 1 heterocycles. The lowest BCUT2D eigenvalue weighted by atomic mass is 9.87. The molecule has 1 aliphatic rings. The van der Waals surface area contributed by atoms with Gasteiger partial charge in [-0.3, -0.25) is 0 Å². The predicted molar refractivity (Wildman–Crippen MR) is 75.8 cm³/mol. The Morgan fingerprint density at radius 2 is 2.15 bits per heavy atom. The molecule has 0 radical (unpaired) electrons. The Hall–Kier alpha value is -0.920. The lowest BCUT2D eigenvalue weighted by Crippen LogP contribution is -2.36. The molecule has 0 aliphatic heterocycles. The van der Waals surface area contributed by atoms with E-state index in [1.807, 2.05) is 6.92 Å². The molecular weight excluding hydrogens is 278 g/mol. The maximum atomic E-state index is 12.2. The highest BCUT2D eigenvalue weighted by Gasteiger charge is 2.26. The van der Waals surface area contributed by atoms with Crippen molar-refractivity contribution in [3.8, 4) is 0 Å². The SMILES string of the molecule is CCn1cc(S(=O)(=O)NCC2CCCCC2O)nc1C. The van der Waals surface area contributed by atoms with Gasteiger partial charge in [-0.25, -0.2) is 18.1 Å². The summed E-state index contributed by atoms with van der Waals surface area (Å²) in [5.41, 5.74) is 0. The third-order valence-electron chi connectivity index (χ3n) is 3.97. The Balaban J connectivity index is 2.03. The molecule has 1 aromatic heterocycles. The number of aryl methyl sites for hydroxylation is 2. The minimum absolute atomic E-state index is 0.00730. The Labute approximate surface area is 120 Å². The quantitative estimate of drug-likeness (QED) is 0.851. The molecule has 1 aliphatic carbocycles. The number of aliphatic hydroxyl groups excluding tert-OH is 1. The van der Waals surface area contributed by atoms with Gasteiger partial charge in [0.25, 0.3) is 10.0 Å². The van der Waals surface area contributed by atoms with Gasteiger partial charge in [0, 0.05) is 19.3 Å². The molecule has 2 atom stereocenters. The fourth-order valence-electron chi connectivity index (χ4n) is 2.65. The standard InChI is InChI=1S/C13H23N3O3S/c1-3-16-9-13(15-10(16)2)20(18,19)14-8-11-6-4-5-7-12(11)17/h9,11-12,14,17H,3-8H2,1-2H3. The molecule has 2 N–H and O–H groups in total. The van der Waals surface area contributed by atoms with Crippen LogP contribution in [0.25, 0.3) is 0 Å². The molecule has 1 aromatic rings. The maximum Gasteiger partial charge on any atom is 0.259 e. The fourth-order valence-corrected chi connectivity index (χ4v) is 3.75. The highest BCUT2D eigenvalue weighted by Crippen LogP contribution is 2.24. The number of sulfonamides is 1. The van der Waals surface area contributed by atoms with Gasteiger partial charge in [-0.1, -0.05) is 12.8 Å². The molecule has 6 nitrogen and oxygen atoms in total. The molecule has 2 unspecified atom stereocenters. The van der Waals surface area contributed by atoms with Gasteiger partial charge in [-0.05, 0) is 32.6 Å². The van der Waals surface area contributed by atoms with Gasteiger partial charge in [-0.15, -0.1) is 0 Å². The monoisotopic (exact) mass is 301 g/mol. The van der Waals surface area contributed by atoms with E-state index in [4.69, 9.17) is 0 Å².